The van der Waals surface area contributed by atoms with Crippen molar-refractivity contribution in [2.45, 2.75) is 74.6 Å². The summed E-state index contributed by atoms with van der Waals surface area (Å²) in [6, 6.07) is 28.4. The van der Waals surface area contributed by atoms with Crippen molar-refractivity contribution >= 4 is 11.6 Å². The smallest absolute Gasteiger partial charge is 0.236 e. The predicted molar refractivity (Wildman–Crippen MR) is 151 cm³/mol. The molecule has 7 heteroatoms. The van der Waals surface area contributed by atoms with Gasteiger partial charge in [-0.2, -0.15) is 0 Å². The monoisotopic (exact) mass is 543 g/mol. The van der Waals surface area contributed by atoms with E-state index in [1.807, 2.05) is 53.4 Å². The van der Waals surface area contributed by atoms with E-state index in [1.165, 1.54) is 5.56 Å². The number of carbonyl (C=O) groups excluding carboxylic acids is 1. The molecular formula is C33H37NO6. The molecule has 3 aromatic carbocycles. The van der Waals surface area contributed by atoms with Gasteiger partial charge in [-0.15, -0.1) is 0 Å². The van der Waals surface area contributed by atoms with Crippen LogP contribution in [0.25, 0.3) is 0 Å². The molecule has 2 heterocycles. The number of aliphatic hydroxyl groups is 4. The van der Waals surface area contributed by atoms with Gasteiger partial charge in [0.2, 0.25) is 5.91 Å². The molecule has 0 bridgehead atoms. The van der Waals surface area contributed by atoms with Crippen molar-refractivity contribution in [3.63, 3.8) is 0 Å². The fraction of sp³-hybridized carbons (Fsp3) is 0.424. The predicted octanol–water partition coefficient (Wildman–Crippen LogP) is 3.50. The Bertz CT molecular complexity index is 1290. The average molecular weight is 544 g/mol. The van der Waals surface area contributed by atoms with Gasteiger partial charge in [-0.3, -0.25) is 4.79 Å². The normalized spacial score (nSPS) is 34.0. The summed E-state index contributed by atoms with van der Waals surface area (Å²) >= 11 is 0. The van der Waals surface area contributed by atoms with E-state index in [0.717, 1.165) is 42.5 Å². The van der Waals surface area contributed by atoms with Crippen LogP contribution in [-0.4, -0.2) is 63.5 Å². The number of anilines is 1. The molecule has 0 radical (unpaired) electrons. The molecule has 3 fully saturated rings. The molecule has 2 unspecified atom stereocenters. The van der Waals surface area contributed by atoms with Gasteiger partial charge in [0.25, 0.3) is 0 Å². The fourth-order valence-electron chi connectivity index (χ4n) is 7.07. The summed E-state index contributed by atoms with van der Waals surface area (Å²) in [5.41, 5.74) is 3.78. The van der Waals surface area contributed by atoms with Crippen molar-refractivity contribution in [2.24, 2.45) is 5.41 Å². The van der Waals surface area contributed by atoms with Crippen molar-refractivity contribution < 1.29 is 30.0 Å². The molecular weight excluding hydrogens is 506 g/mol. The lowest BCUT2D eigenvalue weighted by atomic mass is 9.57. The first-order valence-corrected chi connectivity index (χ1v) is 14.3. The number of ether oxygens (including phenoxy) is 1. The van der Waals surface area contributed by atoms with Crippen molar-refractivity contribution in [1.82, 2.24) is 0 Å². The summed E-state index contributed by atoms with van der Waals surface area (Å²) in [6.07, 6.45) is -1.75. The highest BCUT2D eigenvalue weighted by molar-refractivity contribution is 6.06. The van der Waals surface area contributed by atoms with Crippen LogP contribution < -0.4 is 4.90 Å². The van der Waals surface area contributed by atoms with Crippen LogP contribution in [0.15, 0.2) is 84.9 Å². The molecule has 40 heavy (non-hydrogen) atoms. The molecule has 2 aliphatic heterocycles. The standard InChI is InChI=1S/C33H37NO6/c35-20-27-29(37)30(38)28(36)26(40-27)19-21-11-13-24(14-12-21)31-33(32(39)34(31)25-9-5-2-6-10-25)17-15-23(16-18-33)22-7-3-1-4-8-22/h1-14,23,26-31,35-38H,15-20H2/t23?,26-,27?,28?,29-,30+,31+,33?/m0/s1. The number of hydrogen-bond donors (Lipinski definition) is 4. The summed E-state index contributed by atoms with van der Waals surface area (Å²) in [5.74, 6) is 0.660. The van der Waals surface area contributed by atoms with Gasteiger partial charge in [-0.25, -0.2) is 0 Å². The Balaban J connectivity index is 1.24. The van der Waals surface area contributed by atoms with Gasteiger partial charge in [0, 0.05) is 12.1 Å². The van der Waals surface area contributed by atoms with E-state index in [9.17, 15) is 25.2 Å². The Labute approximate surface area is 234 Å². The van der Waals surface area contributed by atoms with E-state index in [0.29, 0.717) is 12.3 Å². The molecule has 6 rings (SSSR count). The number of carbonyl (C=O) groups is 1. The Morgan fingerprint density at radius 2 is 1.35 bits per heavy atom. The third kappa shape index (κ3) is 4.66. The van der Waals surface area contributed by atoms with Gasteiger partial charge >= 0.3 is 0 Å². The van der Waals surface area contributed by atoms with E-state index >= 15 is 0 Å². The van der Waals surface area contributed by atoms with Crippen molar-refractivity contribution in [3.05, 3.63) is 102 Å². The lowest BCUT2D eigenvalue weighted by Gasteiger charge is -2.58. The van der Waals surface area contributed by atoms with E-state index in [4.69, 9.17) is 4.74 Å². The van der Waals surface area contributed by atoms with Crippen molar-refractivity contribution in [2.75, 3.05) is 11.5 Å². The second kappa shape index (κ2) is 11.1. The summed E-state index contributed by atoms with van der Waals surface area (Å²) in [4.78, 5) is 15.8. The Kier molecular flexibility index (Phi) is 7.50. The summed E-state index contributed by atoms with van der Waals surface area (Å²) in [7, 11) is 0. The number of benzene rings is 3. The van der Waals surface area contributed by atoms with E-state index in [1.54, 1.807) is 0 Å². The molecule has 3 aliphatic rings. The zero-order chi connectivity index (χ0) is 27.9. The highest BCUT2D eigenvalue weighted by Crippen LogP contribution is 2.60. The SMILES string of the molecule is O=C1N(c2ccccc2)[C@H](c2ccc(C[C@@H]3OC(CO)[C@H](O)[C@H](O)C3O)cc2)C12CCC(c1ccccc1)CC2. The highest BCUT2D eigenvalue weighted by Gasteiger charge is 2.62. The third-order valence-electron chi connectivity index (χ3n) is 9.33. The first-order chi connectivity index (χ1) is 19.4. The van der Waals surface area contributed by atoms with Crippen LogP contribution in [0.1, 0.15) is 54.3 Å². The van der Waals surface area contributed by atoms with Crippen LogP contribution in [0.5, 0.6) is 0 Å². The minimum atomic E-state index is -1.39. The van der Waals surface area contributed by atoms with Crippen LogP contribution in [0.3, 0.4) is 0 Å². The van der Waals surface area contributed by atoms with Gasteiger partial charge in [0.1, 0.15) is 24.4 Å². The Morgan fingerprint density at radius 1 is 0.750 bits per heavy atom. The van der Waals surface area contributed by atoms with Gasteiger partial charge in [-0.1, -0.05) is 72.8 Å². The Hall–Kier alpha value is -3.07. The first kappa shape index (κ1) is 27.1. The van der Waals surface area contributed by atoms with Gasteiger partial charge in [-0.05, 0) is 60.4 Å². The molecule has 7 nitrogen and oxygen atoms in total. The molecule has 2 saturated heterocycles. The molecule has 0 aromatic heterocycles. The topological polar surface area (TPSA) is 110 Å². The second-order valence-electron chi connectivity index (χ2n) is 11.6. The molecule has 1 spiro atoms. The molecule has 1 amide bonds. The molecule has 4 N–H and O–H groups in total. The van der Waals surface area contributed by atoms with Gasteiger partial charge < -0.3 is 30.1 Å². The lowest BCUT2D eigenvalue weighted by molar-refractivity contribution is -0.228. The summed E-state index contributed by atoms with van der Waals surface area (Å²) in [5, 5.41) is 40.2. The Morgan fingerprint density at radius 3 is 1.98 bits per heavy atom. The van der Waals surface area contributed by atoms with E-state index in [-0.39, 0.29) is 11.9 Å². The fourth-order valence-corrected chi connectivity index (χ4v) is 7.07. The number of nitrogens with zero attached hydrogens (tertiary/aromatic N) is 1. The van der Waals surface area contributed by atoms with Crippen molar-refractivity contribution in [1.29, 1.82) is 0 Å². The molecule has 1 saturated carbocycles. The maximum absolute atomic E-state index is 13.9. The lowest BCUT2D eigenvalue weighted by Crippen LogP contribution is -2.64. The van der Waals surface area contributed by atoms with Crippen LogP contribution in [0.2, 0.25) is 0 Å². The van der Waals surface area contributed by atoms with E-state index in [2.05, 4.69) is 36.4 Å². The number of rotatable bonds is 6. The maximum atomic E-state index is 13.9. The molecule has 6 atom stereocenters. The molecule has 3 aromatic rings. The van der Waals surface area contributed by atoms with Crippen LogP contribution >= 0.6 is 0 Å². The minimum Gasteiger partial charge on any atom is -0.394 e. The largest absolute Gasteiger partial charge is 0.394 e. The number of hydrogen-bond acceptors (Lipinski definition) is 6. The van der Waals surface area contributed by atoms with Crippen molar-refractivity contribution in [3.8, 4) is 0 Å². The second-order valence-corrected chi connectivity index (χ2v) is 11.6. The number of β-lactam (4-membered cyclic amide) rings is 1. The highest BCUT2D eigenvalue weighted by atomic mass is 16.5. The first-order valence-electron chi connectivity index (χ1n) is 14.3. The number of aliphatic hydroxyl groups excluding tert-OH is 4. The van der Waals surface area contributed by atoms with Gasteiger partial charge in [0.15, 0.2) is 0 Å². The zero-order valence-electron chi connectivity index (χ0n) is 22.4. The van der Waals surface area contributed by atoms with Crippen LogP contribution in [0, 0.1) is 5.41 Å². The minimum absolute atomic E-state index is 0.0690. The molecule has 210 valence electrons. The number of para-hydroxylation sites is 1. The maximum Gasteiger partial charge on any atom is 0.236 e. The van der Waals surface area contributed by atoms with E-state index < -0.39 is 42.5 Å². The van der Waals surface area contributed by atoms with Gasteiger partial charge in [0.05, 0.1) is 24.2 Å². The quantitative estimate of drug-likeness (QED) is 0.354. The zero-order valence-corrected chi connectivity index (χ0v) is 22.4. The van der Waals surface area contributed by atoms with Crippen LogP contribution in [0.4, 0.5) is 5.69 Å². The summed E-state index contributed by atoms with van der Waals surface area (Å²) < 4.78 is 5.71. The molecule has 1 aliphatic carbocycles. The number of amides is 1. The summed E-state index contributed by atoms with van der Waals surface area (Å²) in [6.45, 7) is -0.446. The van der Waals surface area contributed by atoms with Crippen LogP contribution in [-0.2, 0) is 16.0 Å². The average Bonchev–Trinajstić information content (AvgIpc) is 3.01. The third-order valence-corrected chi connectivity index (χ3v) is 9.33.